The molecule has 0 aromatic carbocycles. The standard InChI is InChI=1S/C6H11O5P.Li/c1-2-11-12(8,9)5-3-4-10-6(5)7;/h5H,2-4H2,1H3,(H,8,9);/q;+1/p-1. The van der Waals surface area contributed by atoms with Crippen LogP contribution in [0.3, 0.4) is 0 Å². The summed E-state index contributed by atoms with van der Waals surface area (Å²) in [5.41, 5.74) is -1.09. The van der Waals surface area contributed by atoms with Crippen molar-refractivity contribution >= 4 is 13.6 Å². The Balaban J connectivity index is 0.00000144. The van der Waals surface area contributed by atoms with Crippen molar-refractivity contribution in [2.45, 2.75) is 19.0 Å². The van der Waals surface area contributed by atoms with Gasteiger partial charge in [0, 0.05) is 6.42 Å². The van der Waals surface area contributed by atoms with Crippen LogP contribution in [0.15, 0.2) is 0 Å². The summed E-state index contributed by atoms with van der Waals surface area (Å²) < 4.78 is 20.1. The SMILES string of the molecule is CCOP(=O)([O-])C1CCOC1=O.[Li+]. The minimum absolute atomic E-state index is 0. The van der Waals surface area contributed by atoms with Gasteiger partial charge < -0.3 is 18.7 Å². The first-order chi connectivity index (χ1) is 5.58. The van der Waals surface area contributed by atoms with Gasteiger partial charge in [-0.25, -0.2) is 0 Å². The number of hydrogen-bond acceptors (Lipinski definition) is 5. The van der Waals surface area contributed by atoms with E-state index < -0.39 is 19.2 Å². The minimum atomic E-state index is -4.02. The minimum Gasteiger partial charge on any atom is -0.778 e. The zero-order valence-corrected chi connectivity index (χ0v) is 8.58. The number of carbonyl (C=O) groups is 1. The van der Waals surface area contributed by atoms with Crippen LogP contribution in [0.25, 0.3) is 0 Å². The molecule has 1 fully saturated rings. The molecule has 0 spiro atoms. The molecule has 0 aromatic rings. The molecule has 0 saturated carbocycles. The molecule has 5 nitrogen and oxygen atoms in total. The quantitative estimate of drug-likeness (QED) is 0.274. The molecule has 0 aliphatic carbocycles. The predicted octanol–water partition coefficient (Wildman–Crippen LogP) is -3.10. The van der Waals surface area contributed by atoms with Crippen LogP contribution < -0.4 is 23.8 Å². The van der Waals surface area contributed by atoms with Gasteiger partial charge in [-0.1, -0.05) is 0 Å². The molecule has 0 N–H and O–H groups in total. The van der Waals surface area contributed by atoms with Crippen LogP contribution in [0.1, 0.15) is 13.3 Å². The molecular formula is C6H10LiO5P. The summed E-state index contributed by atoms with van der Waals surface area (Å²) in [6, 6.07) is 0. The summed E-state index contributed by atoms with van der Waals surface area (Å²) in [7, 11) is -4.02. The fourth-order valence-electron chi connectivity index (χ4n) is 1.04. The third-order valence-electron chi connectivity index (χ3n) is 1.60. The van der Waals surface area contributed by atoms with Gasteiger partial charge in [-0.15, -0.1) is 0 Å². The van der Waals surface area contributed by atoms with Gasteiger partial charge in [0.15, 0.2) is 0 Å². The molecular weight excluding hydrogens is 190 g/mol. The molecule has 1 saturated heterocycles. The van der Waals surface area contributed by atoms with E-state index in [2.05, 4.69) is 9.26 Å². The monoisotopic (exact) mass is 200 g/mol. The Bertz CT molecular complexity index is 231. The number of cyclic esters (lactones) is 1. The van der Waals surface area contributed by atoms with E-state index in [1.165, 1.54) is 0 Å². The Kier molecular flexibility index (Phi) is 5.27. The van der Waals surface area contributed by atoms with Gasteiger partial charge in [0.1, 0.15) is 13.3 Å². The maximum Gasteiger partial charge on any atom is 1.00 e. The summed E-state index contributed by atoms with van der Waals surface area (Å²) in [5, 5.41) is 0. The van der Waals surface area contributed by atoms with Gasteiger partial charge in [0.2, 0.25) is 0 Å². The second kappa shape index (κ2) is 5.19. The summed E-state index contributed by atoms with van der Waals surface area (Å²) in [6.45, 7) is 1.79. The normalized spacial score (nSPS) is 26.0. The average molecular weight is 200 g/mol. The van der Waals surface area contributed by atoms with Crippen LogP contribution >= 0.6 is 7.60 Å². The van der Waals surface area contributed by atoms with Crippen LogP contribution in [0, 0.1) is 0 Å². The molecule has 2 unspecified atom stereocenters. The number of carbonyl (C=O) groups excluding carboxylic acids is 1. The van der Waals surface area contributed by atoms with Gasteiger partial charge in [-0.3, -0.25) is 4.79 Å². The largest absolute Gasteiger partial charge is 1.00 e. The van der Waals surface area contributed by atoms with Crippen molar-refractivity contribution < 1.29 is 42.4 Å². The van der Waals surface area contributed by atoms with Crippen molar-refractivity contribution in [2.75, 3.05) is 13.2 Å². The summed E-state index contributed by atoms with van der Waals surface area (Å²) in [5.74, 6) is -0.693. The molecule has 2 atom stereocenters. The van der Waals surface area contributed by atoms with E-state index in [1.54, 1.807) is 6.92 Å². The Labute approximate surface area is 88.5 Å². The van der Waals surface area contributed by atoms with Crippen molar-refractivity contribution in [3.05, 3.63) is 0 Å². The van der Waals surface area contributed by atoms with E-state index in [1.807, 2.05) is 0 Å². The number of ether oxygens (including phenoxy) is 1. The molecule has 1 rings (SSSR count). The molecule has 7 heteroatoms. The van der Waals surface area contributed by atoms with Gasteiger partial charge in [0.25, 0.3) is 0 Å². The van der Waals surface area contributed by atoms with E-state index >= 15 is 0 Å². The first-order valence-electron chi connectivity index (χ1n) is 3.70. The number of rotatable bonds is 3. The molecule has 13 heavy (non-hydrogen) atoms. The van der Waals surface area contributed by atoms with Crippen LogP contribution in [-0.2, 0) is 18.6 Å². The molecule has 0 radical (unpaired) electrons. The van der Waals surface area contributed by atoms with Gasteiger partial charge in [-0.2, -0.15) is 0 Å². The van der Waals surface area contributed by atoms with Crippen molar-refractivity contribution in [3.63, 3.8) is 0 Å². The maximum absolute atomic E-state index is 11.1. The van der Waals surface area contributed by atoms with Gasteiger partial charge in [0.05, 0.1) is 13.2 Å². The molecule has 1 aliphatic rings. The number of esters is 1. The molecule has 1 heterocycles. The Morgan fingerprint density at radius 1 is 1.77 bits per heavy atom. The van der Waals surface area contributed by atoms with Gasteiger partial charge >= 0.3 is 24.8 Å². The van der Waals surface area contributed by atoms with E-state index in [-0.39, 0.29) is 38.5 Å². The second-order valence-corrected chi connectivity index (χ2v) is 4.39. The van der Waals surface area contributed by atoms with Crippen LogP contribution in [0.2, 0.25) is 0 Å². The first kappa shape index (κ1) is 13.2. The zero-order chi connectivity index (χ0) is 9.19. The first-order valence-corrected chi connectivity index (χ1v) is 5.31. The Morgan fingerprint density at radius 2 is 2.38 bits per heavy atom. The average Bonchev–Trinajstić information content (AvgIpc) is 2.35. The molecule has 1 aliphatic heterocycles. The molecule has 0 amide bonds. The predicted molar refractivity (Wildman–Crippen MR) is 38.6 cm³/mol. The van der Waals surface area contributed by atoms with E-state index in [9.17, 15) is 14.3 Å². The van der Waals surface area contributed by atoms with Crippen molar-refractivity contribution in [1.82, 2.24) is 0 Å². The third-order valence-corrected chi connectivity index (χ3v) is 3.45. The van der Waals surface area contributed by atoms with E-state index in [0.717, 1.165) is 0 Å². The molecule has 70 valence electrons. The van der Waals surface area contributed by atoms with Crippen molar-refractivity contribution in [2.24, 2.45) is 0 Å². The third kappa shape index (κ3) is 3.12. The van der Waals surface area contributed by atoms with Crippen molar-refractivity contribution in [3.8, 4) is 0 Å². The summed E-state index contributed by atoms with van der Waals surface area (Å²) >= 11 is 0. The smallest absolute Gasteiger partial charge is 0.778 e. The topological polar surface area (TPSA) is 75.7 Å². The van der Waals surface area contributed by atoms with Crippen LogP contribution in [0.4, 0.5) is 0 Å². The maximum atomic E-state index is 11.1. The molecule has 0 bridgehead atoms. The molecule has 0 aromatic heterocycles. The van der Waals surface area contributed by atoms with Crippen LogP contribution in [-0.4, -0.2) is 24.8 Å². The number of hydrogen-bond donors (Lipinski definition) is 0. The van der Waals surface area contributed by atoms with Gasteiger partial charge in [-0.05, 0) is 6.92 Å². The second-order valence-electron chi connectivity index (χ2n) is 2.43. The summed E-state index contributed by atoms with van der Waals surface area (Å²) in [4.78, 5) is 22.0. The van der Waals surface area contributed by atoms with E-state index in [0.29, 0.717) is 0 Å². The van der Waals surface area contributed by atoms with Crippen LogP contribution in [0.5, 0.6) is 0 Å². The van der Waals surface area contributed by atoms with E-state index in [4.69, 9.17) is 0 Å². The zero-order valence-electron chi connectivity index (χ0n) is 7.69. The Morgan fingerprint density at radius 3 is 2.77 bits per heavy atom. The fourth-order valence-corrected chi connectivity index (χ4v) is 2.34. The summed E-state index contributed by atoms with van der Waals surface area (Å²) in [6.07, 6.45) is 0.208. The Hall–Kier alpha value is 0.217. The fraction of sp³-hybridized carbons (Fsp3) is 0.833. The van der Waals surface area contributed by atoms with Crippen molar-refractivity contribution in [1.29, 1.82) is 0 Å².